The minimum Gasteiger partial charge on any atom is -0.493 e. The number of ether oxygens (including phenoxy) is 2. The second kappa shape index (κ2) is 11.1. The van der Waals surface area contributed by atoms with Crippen molar-refractivity contribution in [1.29, 1.82) is 0 Å². The molecule has 1 amide bonds. The normalized spacial score (nSPS) is 15.0. The van der Waals surface area contributed by atoms with Crippen LogP contribution in [0.5, 0.6) is 11.5 Å². The van der Waals surface area contributed by atoms with Crippen LogP contribution in [0.25, 0.3) is 0 Å². The van der Waals surface area contributed by atoms with Gasteiger partial charge < -0.3 is 14.4 Å². The number of alkyl halides is 3. The Morgan fingerprint density at radius 2 is 1.59 bits per heavy atom. The molecule has 2 aromatic rings. The summed E-state index contributed by atoms with van der Waals surface area (Å²) in [5.41, 5.74) is 2.35. The van der Waals surface area contributed by atoms with E-state index in [9.17, 15) is 18.0 Å². The molecule has 186 valence electrons. The molecule has 0 radical (unpaired) electrons. The first-order valence-electron chi connectivity index (χ1n) is 11.2. The third-order valence-corrected chi connectivity index (χ3v) is 6.10. The van der Waals surface area contributed by atoms with Crippen LogP contribution in [-0.2, 0) is 24.1 Å². The number of amides is 1. The molecular formula is C25H32F3N3O3. The maximum atomic E-state index is 12.7. The van der Waals surface area contributed by atoms with E-state index in [1.807, 2.05) is 28.9 Å². The zero-order chi connectivity index (χ0) is 24.9. The number of hydrogen-bond acceptors (Lipinski definition) is 5. The van der Waals surface area contributed by atoms with E-state index in [1.165, 1.54) is 12.1 Å². The molecule has 0 atom stereocenters. The van der Waals surface area contributed by atoms with Crippen LogP contribution in [0.1, 0.15) is 22.3 Å². The second-order valence-electron chi connectivity index (χ2n) is 8.66. The number of halogens is 3. The van der Waals surface area contributed by atoms with Gasteiger partial charge in [-0.15, -0.1) is 0 Å². The molecule has 9 heteroatoms. The molecule has 1 heterocycles. The number of benzene rings is 2. The number of piperazine rings is 1. The van der Waals surface area contributed by atoms with Gasteiger partial charge in [-0.2, -0.15) is 13.2 Å². The molecule has 0 saturated carbocycles. The third-order valence-electron chi connectivity index (χ3n) is 6.10. The van der Waals surface area contributed by atoms with Gasteiger partial charge in [0.1, 0.15) is 0 Å². The predicted molar refractivity (Wildman–Crippen MR) is 124 cm³/mol. The molecule has 0 spiro atoms. The number of rotatable bonds is 8. The molecule has 0 bridgehead atoms. The van der Waals surface area contributed by atoms with Crippen LogP contribution in [0.4, 0.5) is 13.2 Å². The van der Waals surface area contributed by atoms with Crippen molar-refractivity contribution >= 4 is 5.91 Å². The fraction of sp³-hybridized carbons (Fsp3) is 0.480. The molecule has 6 nitrogen and oxygen atoms in total. The quantitative estimate of drug-likeness (QED) is 0.576. The van der Waals surface area contributed by atoms with Crippen molar-refractivity contribution in [2.24, 2.45) is 0 Å². The minimum absolute atomic E-state index is 0.0244. The number of likely N-dealkylation sites (N-methyl/N-ethyl adjacent to an activating group) is 1. The van der Waals surface area contributed by atoms with Crippen molar-refractivity contribution in [2.45, 2.75) is 26.2 Å². The zero-order valence-electron chi connectivity index (χ0n) is 20.1. The first kappa shape index (κ1) is 25.8. The Morgan fingerprint density at radius 3 is 2.15 bits per heavy atom. The average molecular weight is 480 g/mol. The maximum absolute atomic E-state index is 12.7. The highest BCUT2D eigenvalue weighted by Gasteiger charge is 2.30. The van der Waals surface area contributed by atoms with Crippen molar-refractivity contribution < 1.29 is 27.4 Å². The molecule has 1 fully saturated rings. The third kappa shape index (κ3) is 6.64. The minimum atomic E-state index is -4.35. The van der Waals surface area contributed by atoms with Gasteiger partial charge in [0.15, 0.2) is 11.5 Å². The number of carbonyl (C=O) groups excluding carboxylic acids is 1. The van der Waals surface area contributed by atoms with Gasteiger partial charge in [-0.05, 0) is 54.9 Å². The maximum Gasteiger partial charge on any atom is 0.416 e. The van der Waals surface area contributed by atoms with Crippen LogP contribution in [0.15, 0.2) is 36.4 Å². The van der Waals surface area contributed by atoms with E-state index in [0.717, 1.165) is 48.5 Å². The fourth-order valence-corrected chi connectivity index (χ4v) is 4.09. The summed E-state index contributed by atoms with van der Waals surface area (Å²) in [6.07, 6.45) is -4.35. The highest BCUT2D eigenvalue weighted by molar-refractivity contribution is 5.78. The zero-order valence-corrected chi connectivity index (χ0v) is 20.1. The average Bonchev–Trinajstić information content (AvgIpc) is 2.80. The van der Waals surface area contributed by atoms with E-state index in [2.05, 4.69) is 4.90 Å². The van der Waals surface area contributed by atoms with Crippen LogP contribution in [-0.4, -0.2) is 74.6 Å². The first-order chi connectivity index (χ1) is 16.1. The van der Waals surface area contributed by atoms with E-state index in [-0.39, 0.29) is 12.5 Å². The monoisotopic (exact) mass is 479 g/mol. The molecule has 34 heavy (non-hydrogen) atoms. The largest absolute Gasteiger partial charge is 0.493 e. The van der Waals surface area contributed by atoms with Crippen molar-refractivity contribution in [3.8, 4) is 11.5 Å². The summed E-state index contributed by atoms with van der Waals surface area (Å²) < 4.78 is 48.9. The van der Waals surface area contributed by atoms with Gasteiger partial charge in [0, 0.05) is 39.3 Å². The SMILES string of the molecule is COc1cc(C)c(CN2CCN(C(=O)CN(C)Cc3ccc(C(F)(F)F)cc3)CC2)cc1OC. The van der Waals surface area contributed by atoms with E-state index >= 15 is 0 Å². The van der Waals surface area contributed by atoms with Crippen LogP contribution in [0, 0.1) is 6.92 Å². The molecule has 0 N–H and O–H groups in total. The topological polar surface area (TPSA) is 45.2 Å². The molecule has 0 unspecified atom stereocenters. The standard InChI is InChI=1S/C25H32F3N3O3/c1-18-13-22(33-3)23(34-4)14-20(18)16-30-9-11-31(12-10-30)24(32)17-29(2)15-19-5-7-21(8-6-19)25(26,27)28/h5-8,13-14H,9-12,15-17H2,1-4H3. The van der Waals surface area contributed by atoms with Crippen molar-refractivity contribution in [3.05, 3.63) is 58.7 Å². The number of nitrogens with zero attached hydrogens (tertiary/aromatic N) is 3. The lowest BCUT2D eigenvalue weighted by Crippen LogP contribution is -2.50. The number of carbonyl (C=O) groups is 1. The highest BCUT2D eigenvalue weighted by atomic mass is 19.4. The van der Waals surface area contributed by atoms with Gasteiger partial charge in [0.25, 0.3) is 0 Å². The van der Waals surface area contributed by atoms with Crippen LogP contribution in [0.3, 0.4) is 0 Å². The van der Waals surface area contributed by atoms with Crippen molar-refractivity contribution in [3.63, 3.8) is 0 Å². The van der Waals surface area contributed by atoms with Gasteiger partial charge in [-0.25, -0.2) is 0 Å². The number of methoxy groups -OCH3 is 2. The van der Waals surface area contributed by atoms with E-state index in [1.54, 1.807) is 21.3 Å². The Kier molecular flexibility index (Phi) is 8.43. The molecule has 0 aromatic heterocycles. The molecule has 1 aliphatic heterocycles. The van der Waals surface area contributed by atoms with E-state index < -0.39 is 11.7 Å². The van der Waals surface area contributed by atoms with E-state index in [4.69, 9.17) is 9.47 Å². The lowest BCUT2D eigenvalue weighted by molar-refractivity contribution is -0.137. The lowest BCUT2D eigenvalue weighted by Gasteiger charge is -2.35. The van der Waals surface area contributed by atoms with Crippen molar-refractivity contribution in [2.75, 3.05) is 54.0 Å². The number of hydrogen-bond donors (Lipinski definition) is 0. The Labute approximate surface area is 198 Å². The summed E-state index contributed by atoms with van der Waals surface area (Å²) in [7, 11) is 5.04. The molecular weight excluding hydrogens is 447 g/mol. The van der Waals surface area contributed by atoms with Crippen LogP contribution < -0.4 is 9.47 Å². The predicted octanol–water partition coefficient (Wildman–Crippen LogP) is 3.81. The van der Waals surface area contributed by atoms with Crippen LogP contribution in [0.2, 0.25) is 0 Å². The Hall–Kier alpha value is -2.78. The summed E-state index contributed by atoms with van der Waals surface area (Å²) in [5.74, 6) is 1.43. The number of aryl methyl sites for hydroxylation is 1. The van der Waals surface area contributed by atoms with E-state index in [0.29, 0.717) is 31.1 Å². The van der Waals surface area contributed by atoms with Gasteiger partial charge in [-0.1, -0.05) is 12.1 Å². The van der Waals surface area contributed by atoms with Gasteiger partial charge in [0.2, 0.25) is 5.91 Å². The molecule has 1 saturated heterocycles. The summed E-state index contributed by atoms with van der Waals surface area (Å²) in [6, 6.07) is 9.04. The molecule has 3 rings (SSSR count). The van der Waals surface area contributed by atoms with Crippen molar-refractivity contribution in [1.82, 2.24) is 14.7 Å². The molecule has 2 aromatic carbocycles. The first-order valence-corrected chi connectivity index (χ1v) is 11.2. The second-order valence-corrected chi connectivity index (χ2v) is 8.66. The fourth-order valence-electron chi connectivity index (χ4n) is 4.09. The molecule has 1 aliphatic rings. The van der Waals surface area contributed by atoms with Crippen LogP contribution >= 0.6 is 0 Å². The van der Waals surface area contributed by atoms with Gasteiger partial charge >= 0.3 is 6.18 Å². The Bertz CT molecular complexity index is 972. The highest BCUT2D eigenvalue weighted by Crippen LogP contribution is 2.31. The summed E-state index contributed by atoms with van der Waals surface area (Å²) >= 11 is 0. The summed E-state index contributed by atoms with van der Waals surface area (Å²) in [4.78, 5) is 18.7. The smallest absolute Gasteiger partial charge is 0.416 e. The Morgan fingerprint density at radius 1 is 1.00 bits per heavy atom. The Balaban J connectivity index is 1.48. The lowest BCUT2D eigenvalue weighted by atomic mass is 10.1. The van der Waals surface area contributed by atoms with Gasteiger partial charge in [0.05, 0.1) is 26.3 Å². The summed E-state index contributed by atoms with van der Waals surface area (Å²) in [5, 5.41) is 0. The van der Waals surface area contributed by atoms with Gasteiger partial charge in [-0.3, -0.25) is 14.6 Å². The molecule has 0 aliphatic carbocycles. The summed E-state index contributed by atoms with van der Waals surface area (Å²) in [6.45, 7) is 6.24.